The van der Waals surface area contributed by atoms with Gasteiger partial charge in [-0.05, 0) is 31.7 Å². The summed E-state index contributed by atoms with van der Waals surface area (Å²) >= 11 is 0. The van der Waals surface area contributed by atoms with Gasteiger partial charge in [-0.15, -0.1) is 0 Å². The second kappa shape index (κ2) is 8.49. The van der Waals surface area contributed by atoms with Gasteiger partial charge in [0, 0.05) is 20.0 Å². The van der Waals surface area contributed by atoms with Crippen LogP contribution in [0.15, 0.2) is 17.3 Å². The number of halogens is 6. The summed E-state index contributed by atoms with van der Waals surface area (Å²) in [7, 11) is -0.886. The molecule has 3 aromatic heterocycles. The van der Waals surface area contributed by atoms with Crippen LogP contribution >= 0.6 is 0 Å². The third kappa shape index (κ3) is 4.52. The zero-order valence-corrected chi connectivity index (χ0v) is 19.9. The number of alkyl halides is 6. The van der Waals surface area contributed by atoms with Crippen LogP contribution in [0.25, 0.3) is 22.6 Å². The van der Waals surface area contributed by atoms with Gasteiger partial charge >= 0.3 is 12.4 Å². The minimum absolute atomic E-state index is 0.0268. The minimum Gasteiger partial charge on any atom is -0.324 e. The normalized spacial score (nSPS) is 20.0. The van der Waals surface area contributed by atoms with E-state index in [2.05, 4.69) is 15.0 Å². The number of rotatable bonds is 4. The molecule has 3 aromatic rings. The van der Waals surface area contributed by atoms with E-state index in [0.29, 0.717) is 5.82 Å². The Morgan fingerprint density at radius 3 is 2.17 bits per heavy atom. The van der Waals surface area contributed by atoms with E-state index >= 15 is 0 Å². The van der Waals surface area contributed by atoms with Gasteiger partial charge in [-0.3, -0.25) is 0 Å². The van der Waals surface area contributed by atoms with Crippen LogP contribution in [0.4, 0.5) is 26.3 Å². The Bertz CT molecular complexity index is 1370. The minimum atomic E-state index is -4.68. The molecule has 1 aliphatic rings. The van der Waals surface area contributed by atoms with Crippen LogP contribution in [0.5, 0.6) is 0 Å². The number of pyridine rings is 1. The van der Waals surface area contributed by atoms with Gasteiger partial charge in [0.2, 0.25) is 0 Å². The summed E-state index contributed by atoms with van der Waals surface area (Å²) in [5, 5.41) is -0.171. The van der Waals surface area contributed by atoms with Crippen molar-refractivity contribution in [3.05, 3.63) is 23.8 Å². The molecule has 0 bridgehead atoms. The highest BCUT2D eigenvalue weighted by molar-refractivity contribution is 7.91. The maximum absolute atomic E-state index is 13.1. The Balaban J connectivity index is 1.84. The lowest BCUT2D eigenvalue weighted by molar-refractivity contribution is -0.182. The maximum atomic E-state index is 13.1. The first-order valence-corrected chi connectivity index (χ1v) is 12.6. The van der Waals surface area contributed by atoms with E-state index in [4.69, 9.17) is 0 Å². The molecule has 35 heavy (non-hydrogen) atoms. The molecule has 1 aliphatic carbocycles. The number of imidazole rings is 2. The van der Waals surface area contributed by atoms with Crippen molar-refractivity contribution in [3.8, 4) is 11.5 Å². The number of hydrogen-bond acceptors (Lipinski definition) is 5. The van der Waals surface area contributed by atoms with Crippen molar-refractivity contribution in [1.82, 2.24) is 24.1 Å². The largest absolute Gasteiger partial charge is 0.433 e. The molecule has 7 nitrogen and oxygen atoms in total. The van der Waals surface area contributed by atoms with Crippen molar-refractivity contribution in [2.45, 2.75) is 55.9 Å². The molecule has 14 heteroatoms. The second-order valence-corrected chi connectivity index (χ2v) is 10.9. The van der Waals surface area contributed by atoms with E-state index in [1.807, 2.05) is 0 Å². The summed E-state index contributed by atoms with van der Waals surface area (Å²) in [4.78, 5) is 12.2. The lowest BCUT2D eigenvalue weighted by atomic mass is 9.81. The predicted molar refractivity (Wildman–Crippen MR) is 114 cm³/mol. The molecule has 0 unspecified atom stereocenters. The molecule has 1 fully saturated rings. The van der Waals surface area contributed by atoms with Crippen molar-refractivity contribution in [2.75, 3.05) is 5.75 Å². The summed E-state index contributed by atoms with van der Waals surface area (Å²) in [5.74, 6) is -1.74. The molecular formula is C21H23F6N5O2S. The van der Waals surface area contributed by atoms with Crippen molar-refractivity contribution in [1.29, 1.82) is 0 Å². The zero-order chi connectivity index (χ0) is 25.9. The van der Waals surface area contributed by atoms with Crippen LogP contribution < -0.4 is 0 Å². The van der Waals surface area contributed by atoms with Gasteiger partial charge in [-0.2, -0.15) is 26.3 Å². The van der Waals surface area contributed by atoms with Gasteiger partial charge in [0.25, 0.3) is 0 Å². The van der Waals surface area contributed by atoms with Crippen LogP contribution in [0.3, 0.4) is 0 Å². The molecule has 192 valence electrons. The Morgan fingerprint density at radius 1 is 1.00 bits per heavy atom. The predicted octanol–water partition coefficient (Wildman–Crippen LogP) is 5.02. The van der Waals surface area contributed by atoms with Crippen LogP contribution in [0.1, 0.15) is 50.0 Å². The fraction of sp³-hybridized carbons (Fsp3) is 0.571. The standard InChI is InChI=1S/C21H23F6N5O2S/c1-4-35(33,34)19-16(18-29-13-9-15(21(25,26)27)28-10-14(13)31(18)2)30-17(32(19)3)11-5-7-12(8-6-11)20(22,23)24/h9-12H,4-8H2,1-3H3. The first kappa shape index (κ1) is 25.5. The molecule has 0 spiro atoms. The third-order valence-corrected chi connectivity index (χ3v) is 8.39. The molecule has 0 aliphatic heterocycles. The topological polar surface area (TPSA) is 82.7 Å². The van der Waals surface area contributed by atoms with Crippen LogP contribution in [0.2, 0.25) is 0 Å². The molecule has 0 N–H and O–H groups in total. The highest BCUT2D eigenvalue weighted by Gasteiger charge is 2.43. The smallest absolute Gasteiger partial charge is 0.324 e. The number of nitrogens with zero attached hydrogens (tertiary/aromatic N) is 5. The number of fused-ring (bicyclic) bond motifs is 1. The fourth-order valence-electron chi connectivity index (χ4n) is 4.64. The Morgan fingerprint density at radius 2 is 1.63 bits per heavy atom. The molecule has 4 rings (SSSR count). The summed E-state index contributed by atoms with van der Waals surface area (Å²) in [5.41, 5.74) is -0.984. The van der Waals surface area contributed by atoms with Crippen molar-refractivity contribution in [3.63, 3.8) is 0 Å². The van der Waals surface area contributed by atoms with Gasteiger partial charge < -0.3 is 9.13 Å². The first-order valence-electron chi connectivity index (χ1n) is 10.9. The third-order valence-electron chi connectivity index (χ3n) is 6.58. The molecule has 0 radical (unpaired) electrons. The van der Waals surface area contributed by atoms with Crippen LogP contribution in [-0.2, 0) is 30.1 Å². The SMILES string of the molecule is CCS(=O)(=O)c1c(-c2nc3cc(C(F)(F)F)ncc3n2C)nc(C2CCC(C(F)(F)F)CC2)n1C. The van der Waals surface area contributed by atoms with E-state index < -0.39 is 39.7 Å². The van der Waals surface area contributed by atoms with Crippen molar-refractivity contribution < 1.29 is 34.8 Å². The fourth-order valence-corrected chi connectivity index (χ4v) is 5.85. The highest BCUT2D eigenvalue weighted by atomic mass is 32.2. The molecule has 0 saturated heterocycles. The summed E-state index contributed by atoms with van der Waals surface area (Å²) in [6.07, 6.45) is -7.79. The van der Waals surface area contributed by atoms with Gasteiger partial charge in [0.15, 0.2) is 20.7 Å². The van der Waals surface area contributed by atoms with Crippen LogP contribution in [-0.4, -0.2) is 44.4 Å². The number of hydrogen-bond donors (Lipinski definition) is 0. The van der Waals surface area contributed by atoms with Gasteiger partial charge in [-0.25, -0.2) is 23.4 Å². The molecule has 0 atom stereocenters. The lowest BCUT2D eigenvalue weighted by Crippen LogP contribution is -2.28. The highest BCUT2D eigenvalue weighted by Crippen LogP contribution is 2.44. The van der Waals surface area contributed by atoms with Gasteiger partial charge in [0.1, 0.15) is 17.2 Å². The van der Waals surface area contributed by atoms with Crippen molar-refractivity contribution >= 4 is 20.9 Å². The Kier molecular flexibility index (Phi) is 6.17. The lowest BCUT2D eigenvalue weighted by Gasteiger charge is -2.29. The van der Waals surface area contributed by atoms with E-state index in [-0.39, 0.29) is 59.0 Å². The Hall–Kier alpha value is -2.64. The zero-order valence-electron chi connectivity index (χ0n) is 19.1. The monoisotopic (exact) mass is 523 g/mol. The molecule has 0 amide bonds. The second-order valence-electron chi connectivity index (χ2n) is 8.73. The number of aromatic nitrogens is 5. The molecule has 1 saturated carbocycles. The summed E-state index contributed by atoms with van der Waals surface area (Å²) in [6, 6.07) is 0.773. The van der Waals surface area contributed by atoms with E-state index in [1.54, 1.807) is 0 Å². The Labute approximate surface area is 197 Å². The maximum Gasteiger partial charge on any atom is 0.433 e. The summed E-state index contributed by atoms with van der Waals surface area (Å²) in [6.45, 7) is 1.44. The quantitative estimate of drug-likeness (QED) is 0.449. The van der Waals surface area contributed by atoms with E-state index in [1.165, 1.54) is 30.2 Å². The molecule has 0 aromatic carbocycles. The van der Waals surface area contributed by atoms with Gasteiger partial charge in [-0.1, -0.05) is 6.92 Å². The number of sulfone groups is 1. The molecular weight excluding hydrogens is 500 g/mol. The first-order chi connectivity index (χ1) is 16.1. The van der Waals surface area contributed by atoms with Gasteiger partial charge in [0.05, 0.1) is 28.9 Å². The average molecular weight is 524 g/mol. The average Bonchev–Trinajstić information content (AvgIpc) is 3.29. The van der Waals surface area contributed by atoms with Crippen LogP contribution in [0, 0.1) is 5.92 Å². The van der Waals surface area contributed by atoms with E-state index in [0.717, 1.165) is 12.3 Å². The number of aryl methyl sites for hydroxylation is 1. The molecule has 3 heterocycles. The summed E-state index contributed by atoms with van der Waals surface area (Å²) < 4.78 is 107. The van der Waals surface area contributed by atoms with Crippen molar-refractivity contribution in [2.24, 2.45) is 20.0 Å². The van der Waals surface area contributed by atoms with E-state index in [9.17, 15) is 34.8 Å².